The second-order valence-electron chi connectivity index (χ2n) is 4.35. The summed E-state index contributed by atoms with van der Waals surface area (Å²) in [4.78, 5) is 2.80. The number of benzene rings is 1. The van der Waals surface area contributed by atoms with Gasteiger partial charge in [0.15, 0.2) is 0 Å². The zero-order valence-electron chi connectivity index (χ0n) is 11.1. The first-order valence-electron chi connectivity index (χ1n) is 6.12. The van der Waals surface area contributed by atoms with E-state index in [9.17, 15) is 0 Å². The molecule has 0 saturated heterocycles. The Morgan fingerprint density at radius 2 is 2.00 bits per heavy atom. The number of aryl methyl sites for hydroxylation is 2. The van der Waals surface area contributed by atoms with Crippen LogP contribution in [0.5, 0.6) is 0 Å². The van der Waals surface area contributed by atoms with Crippen molar-refractivity contribution in [2.75, 3.05) is 12.8 Å². The van der Waals surface area contributed by atoms with E-state index < -0.39 is 0 Å². The molecule has 1 aromatic carbocycles. The molecule has 3 heteroatoms. The van der Waals surface area contributed by atoms with Crippen molar-refractivity contribution >= 4 is 23.1 Å². The molecule has 0 spiro atoms. The summed E-state index contributed by atoms with van der Waals surface area (Å²) in [6.07, 6.45) is 0. The van der Waals surface area contributed by atoms with Crippen molar-refractivity contribution in [2.45, 2.75) is 24.8 Å². The van der Waals surface area contributed by atoms with E-state index in [-0.39, 0.29) is 0 Å². The van der Waals surface area contributed by atoms with E-state index in [1.165, 1.54) is 20.9 Å². The van der Waals surface area contributed by atoms with Crippen LogP contribution < -0.4 is 5.32 Å². The summed E-state index contributed by atoms with van der Waals surface area (Å²) in [5.74, 6) is 1.07. The second kappa shape index (κ2) is 6.41. The van der Waals surface area contributed by atoms with Crippen molar-refractivity contribution in [1.29, 1.82) is 0 Å². The van der Waals surface area contributed by atoms with Gasteiger partial charge in [-0.3, -0.25) is 0 Å². The van der Waals surface area contributed by atoms with Crippen LogP contribution in [0, 0.1) is 13.8 Å². The molecule has 96 valence electrons. The molecule has 1 aromatic heterocycles. The first-order valence-corrected chi connectivity index (χ1v) is 7.98. The molecule has 18 heavy (non-hydrogen) atoms. The Hall–Kier alpha value is -0.770. The van der Waals surface area contributed by atoms with Crippen molar-refractivity contribution in [3.8, 4) is 0 Å². The van der Waals surface area contributed by atoms with E-state index >= 15 is 0 Å². The molecule has 0 radical (unpaired) electrons. The summed E-state index contributed by atoms with van der Waals surface area (Å²) >= 11 is 3.75. The van der Waals surface area contributed by atoms with Gasteiger partial charge in [0.25, 0.3) is 0 Å². The Balaban J connectivity index is 2.05. The highest BCUT2D eigenvalue weighted by atomic mass is 32.2. The maximum Gasteiger partial charge on any atom is 0.0423 e. The second-order valence-corrected chi connectivity index (χ2v) is 6.53. The predicted molar refractivity (Wildman–Crippen MR) is 82.8 cm³/mol. The summed E-state index contributed by atoms with van der Waals surface area (Å²) in [6.45, 7) is 4.37. The molecular formula is C15H19NS2. The number of nitrogens with one attached hydrogen (secondary N) is 1. The number of thiophene rings is 1. The quantitative estimate of drug-likeness (QED) is 0.812. The highest BCUT2D eigenvalue weighted by molar-refractivity contribution is 7.99. The number of hydrogen-bond donors (Lipinski definition) is 1. The molecule has 1 nitrogen and oxygen atoms in total. The molecule has 2 rings (SSSR count). The predicted octanol–water partition coefficient (Wildman–Crippen LogP) is 4.42. The zero-order chi connectivity index (χ0) is 13.0. The third kappa shape index (κ3) is 3.16. The maximum atomic E-state index is 3.42. The van der Waals surface area contributed by atoms with Crippen LogP contribution in [0.2, 0.25) is 0 Å². The molecule has 0 saturated carbocycles. The minimum absolute atomic E-state index is 0.431. The maximum absolute atomic E-state index is 3.42. The van der Waals surface area contributed by atoms with Gasteiger partial charge >= 0.3 is 0 Å². The molecule has 1 N–H and O–H groups in total. The largest absolute Gasteiger partial charge is 0.312 e. The van der Waals surface area contributed by atoms with Crippen LogP contribution in [0.1, 0.15) is 22.0 Å². The third-order valence-electron chi connectivity index (χ3n) is 3.12. The Morgan fingerprint density at radius 3 is 2.61 bits per heavy atom. The van der Waals surface area contributed by atoms with Gasteiger partial charge in [-0.15, -0.1) is 23.1 Å². The van der Waals surface area contributed by atoms with Gasteiger partial charge in [0.05, 0.1) is 0 Å². The van der Waals surface area contributed by atoms with E-state index in [1.807, 2.05) is 30.1 Å². The molecule has 1 heterocycles. The lowest BCUT2D eigenvalue weighted by Crippen LogP contribution is -2.18. The van der Waals surface area contributed by atoms with Gasteiger partial charge in [-0.2, -0.15) is 0 Å². The van der Waals surface area contributed by atoms with Crippen LogP contribution in [-0.4, -0.2) is 12.8 Å². The molecule has 0 fully saturated rings. The van der Waals surface area contributed by atoms with Crippen LogP contribution >= 0.6 is 23.1 Å². The van der Waals surface area contributed by atoms with Crippen LogP contribution in [-0.2, 0) is 0 Å². The number of thioether (sulfide) groups is 1. The van der Waals surface area contributed by atoms with Gasteiger partial charge in [-0.25, -0.2) is 0 Å². The first-order chi connectivity index (χ1) is 8.72. The molecule has 1 unspecified atom stereocenters. The Morgan fingerprint density at radius 1 is 1.22 bits per heavy atom. The van der Waals surface area contributed by atoms with Crippen molar-refractivity contribution in [2.24, 2.45) is 0 Å². The SMILES string of the molecule is CNC(CSc1ccccc1C)c1ccsc1C. The summed E-state index contributed by atoms with van der Waals surface area (Å²) in [5, 5.41) is 5.59. The van der Waals surface area contributed by atoms with Gasteiger partial charge in [0.2, 0.25) is 0 Å². The molecule has 2 aromatic rings. The summed E-state index contributed by atoms with van der Waals surface area (Å²) in [5.41, 5.74) is 2.79. The molecular weight excluding hydrogens is 258 g/mol. The molecule has 1 atom stereocenters. The van der Waals surface area contributed by atoms with Crippen LogP contribution in [0.15, 0.2) is 40.6 Å². The van der Waals surface area contributed by atoms with E-state index in [4.69, 9.17) is 0 Å². The fraction of sp³-hybridized carbons (Fsp3) is 0.333. The highest BCUT2D eigenvalue weighted by Crippen LogP contribution is 2.29. The molecule has 0 aliphatic rings. The number of rotatable bonds is 5. The lowest BCUT2D eigenvalue weighted by molar-refractivity contribution is 0.661. The van der Waals surface area contributed by atoms with Gasteiger partial charge < -0.3 is 5.32 Å². The standard InChI is InChI=1S/C15H19NS2/c1-11-6-4-5-7-15(11)18-10-14(16-3)13-8-9-17-12(13)2/h4-9,14,16H,10H2,1-3H3. The zero-order valence-corrected chi connectivity index (χ0v) is 12.7. The lowest BCUT2D eigenvalue weighted by atomic mass is 10.1. The molecule has 0 aliphatic heterocycles. The minimum atomic E-state index is 0.431. The molecule has 0 bridgehead atoms. The van der Waals surface area contributed by atoms with Crippen LogP contribution in [0.25, 0.3) is 0 Å². The molecule has 0 amide bonds. The lowest BCUT2D eigenvalue weighted by Gasteiger charge is -2.16. The van der Waals surface area contributed by atoms with Gasteiger partial charge in [0.1, 0.15) is 0 Å². The Labute approximate surface area is 118 Å². The van der Waals surface area contributed by atoms with Gasteiger partial charge in [-0.05, 0) is 49.5 Å². The third-order valence-corrected chi connectivity index (χ3v) is 5.25. The van der Waals surface area contributed by atoms with Crippen molar-refractivity contribution in [3.63, 3.8) is 0 Å². The first kappa shape index (κ1) is 13.7. The van der Waals surface area contributed by atoms with Crippen molar-refractivity contribution in [3.05, 3.63) is 51.7 Å². The van der Waals surface area contributed by atoms with E-state index in [0.29, 0.717) is 6.04 Å². The van der Waals surface area contributed by atoms with Gasteiger partial charge in [0, 0.05) is 21.6 Å². The van der Waals surface area contributed by atoms with Crippen LogP contribution in [0.4, 0.5) is 0 Å². The summed E-state index contributed by atoms with van der Waals surface area (Å²) in [7, 11) is 2.04. The highest BCUT2D eigenvalue weighted by Gasteiger charge is 2.13. The van der Waals surface area contributed by atoms with E-state index in [0.717, 1.165) is 5.75 Å². The average Bonchev–Trinajstić information content (AvgIpc) is 2.79. The van der Waals surface area contributed by atoms with Crippen LogP contribution in [0.3, 0.4) is 0 Å². The minimum Gasteiger partial charge on any atom is -0.312 e. The fourth-order valence-corrected chi connectivity index (χ4v) is 3.90. The molecule has 0 aliphatic carbocycles. The monoisotopic (exact) mass is 277 g/mol. The summed E-state index contributed by atoms with van der Waals surface area (Å²) < 4.78 is 0. The van der Waals surface area contributed by atoms with E-state index in [2.05, 4.69) is 54.9 Å². The van der Waals surface area contributed by atoms with Crippen molar-refractivity contribution < 1.29 is 0 Å². The Bertz CT molecular complexity index is 505. The topological polar surface area (TPSA) is 12.0 Å². The smallest absolute Gasteiger partial charge is 0.0423 e. The Kier molecular flexibility index (Phi) is 4.87. The van der Waals surface area contributed by atoms with Crippen molar-refractivity contribution in [1.82, 2.24) is 5.32 Å². The average molecular weight is 277 g/mol. The van der Waals surface area contributed by atoms with E-state index in [1.54, 1.807) is 0 Å². The summed E-state index contributed by atoms with van der Waals surface area (Å²) in [6, 6.07) is 11.2. The fourth-order valence-electron chi connectivity index (χ4n) is 1.98. The van der Waals surface area contributed by atoms with Gasteiger partial charge in [-0.1, -0.05) is 18.2 Å². The normalized spacial score (nSPS) is 12.6. The number of hydrogen-bond acceptors (Lipinski definition) is 3.